The first-order valence-electron chi connectivity index (χ1n) is 2.80. The maximum atomic E-state index is 9.04. The van der Waals surface area contributed by atoms with Gasteiger partial charge in [0.15, 0.2) is 0 Å². The molecule has 1 aromatic carbocycles. The Balaban J connectivity index is 3.34. The van der Waals surface area contributed by atoms with Gasteiger partial charge >= 0.3 is 0 Å². The van der Waals surface area contributed by atoms with Crippen LogP contribution >= 0.6 is 24.2 Å². The molecule has 0 aliphatic rings. The lowest BCUT2D eigenvalue weighted by Crippen LogP contribution is -1.77. The van der Waals surface area contributed by atoms with Gasteiger partial charge < -0.3 is 5.11 Å². The van der Waals surface area contributed by atoms with Crippen LogP contribution in [0.1, 0.15) is 5.56 Å². The largest absolute Gasteiger partial charge is 0.506 e. The molecule has 1 N–H and O–H groups in total. The second-order valence-corrected chi connectivity index (χ2v) is 2.89. The van der Waals surface area contributed by atoms with Crippen LogP contribution in [0.5, 0.6) is 5.75 Å². The molecule has 10 heavy (non-hydrogen) atoms. The fraction of sp³-hybridized carbons (Fsp3) is 0.143. The van der Waals surface area contributed by atoms with Crippen molar-refractivity contribution < 1.29 is 5.11 Å². The van der Waals surface area contributed by atoms with Crippen LogP contribution in [0, 0.1) is 6.92 Å². The van der Waals surface area contributed by atoms with E-state index < -0.39 is 0 Å². The van der Waals surface area contributed by atoms with Gasteiger partial charge in [-0.2, -0.15) is 0 Å². The molecule has 0 spiro atoms. The Morgan fingerprint density at radius 2 is 2.10 bits per heavy atom. The summed E-state index contributed by atoms with van der Waals surface area (Å²) in [6.07, 6.45) is 0. The summed E-state index contributed by atoms with van der Waals surface area (Å²) in [6, 6.07) is 3.32. The number of halogens is 1. The standard InChI is InChI=1S/C7H7ClOS/c1-4-2-3-5(9)6(8)7(4)10/h2-3,9-10H,1H3. The molecule has 0 fully saturated rings. The average molecular weight is 175 g/mol. The normalized spacial score (nSPS) is 9.90. The molecule has 0 bridgehead atoms. The van der Waals surface area contributed by atoms with Crippen molar-refractivity contribution in [2.24, 2.45) is 0 Å². The summed E-state index contributed by atoms with van der Waals surface area (Å²) in [4.78, 5) is 0.640. The third-order valence-corrected chi connectivity index (χ3v) is 2.39. The first-order chi connectivity index (χ1) is 4.63. The monoisotopic (exact) mass is 174 g/mol. The highest BCUT2D eigenvalue weighted by molar-refractivity contribution is 7.80. The molecule has 0 aromatic heterocycles. The van der Waals surface area contributed by atoms with Crippen molar-refractivity contribution in [1.29, 1.82) is 0 Å². The third-order valence-electron chi connectivity index (χ3n) is 1.30. The summed E-state index contributed by atoms with van der Waals surface area (Å²) < 4.78 is 0. The maximum Gasteiger partial charge on any atom is 0.135 e. The molecule has 0 atom stereocenters. The van der Waals surface area contributed by atoms with Crippen molar-refractivity contribution in [1.82, 2.24) is 0 Å². The number of aromatic hydroxyl groups is 1. The number of benzene rings is 1. The molecule has 0 aliphatic heterocycles. The second-order valence-electron chi connectivity index (χ2n) is 2.06. The van der Waals surface area contributed by atoms with Gasteiger partial charge in [0.1, 0.15) is 5.75 Å². The molecule has 0 aliphatic carbocycles. The number of hydrogen-bond donors (Lipinski definition) is 2. The fourth-order valence-corrected chi connectivity index (χ4v) is 1.05. The van der Waals surface area contributed by atoms with E-state index in [1.807, 2.05) is 6.92 Å². The highest BCUT2D eigenvalue weighted by atomic mass is 35.5. The van der Waals surface area contributed by atoms with Crippen molar-refractivity contribution >= 4 is 24.2 Å². The minimum atomic E-state index is 0.0808. The number of rotatable bonds is 0. The Hall–Kier alpha value is -0.340. The Bertz CT molecular complexity index is 233. The van der Waals surface area contributed by atoms with Crippen molar-refractivity contribution in [3.8, 4) is 5.75 Å². The molecule has 54 valence electrons. The summed E-state index contributed by atoms with van der Waals surface area (Å²) in [5, 5.41) is 9.37. The lowest BCUT2D eigenvalue weighted by atomic mass is 10.2. The van der Waals surface area contributed by atoms with Gasteiger partial charge in [0, 0.05) is 4.90 Å². The van der Waals surface area contributed by atoms with E-state index in [0.29, 0.717) is 9.92 Å². The minimum Gasteiger partial charge on any atom is -0.506 e. The summed E-state index contributed by atoms with van der Waals surface area (Å²) in [5.74, 6) is 0.0808. The van der Waals surface area contributed by atoms with Crippen LogP contribution in [0.4, 0.5) is 0 Å². The molecule has 0 radical (unpaired) electrons. The molecule has 0 saturated carbocycles. The van der Waals surface area contributed by atoms with E-state index in [2.05, 4.69) is 12.6 Å². The zero-order chi connectivity index (χ0) is 7.72. The number of aryl methyl sites for hydroxylation is 1. The topological polar surface area (TPSA) is 20.2 Å². The number of thiol groups is 1. The van der Waals surface area contributed by atoms with Gasteiger partial charge in [-0.3, -0.25) is 0 Å². The van der Waals surface area contributed by atoms with Gasteiger partial charge in [0.05, 0.1) is 5.02 Å². The van der Waals surface area contributed by atoms with Crippen molar-refractivity contribution in [3.63, 3.8) is 0 Å². The Morgan fingerprint density at radius 3 is 2.60 bits per heavy atom. The fourth-order valence-electron chi connectivity index (χ4n) is 0.650. The summed E-state index contributed by atoms with van der Waals surface area (Å²) >= 11 is 9.75. The molecule has 0 heterocycles. The molecule has 1 aromatic rings. The van der Waals surface area contributed by atoms with Gasteiger partial charge in [-0.05, 0) is 18.6 Å². The van der Waals surface area contributed by atoms with Gasteiger partial charge in [-0.1, -0.05) is 17.7 Å². The predicted molar refractivity (Wildman–Crippen MR) is 45.1 cm³/mol. The van der Waals surface area contributed by atoms with Gasteiger partial charge in [-0.15, -0.1) is 12.6 Å². The van der Waals surface area contributed by atoms with Crippen LogP contribution in [0.2, 0.25) is 5.02 Å². The maximum absolute atomic E-state index is 9.04. The molecule has 0 saturated heterocycles. The van der Waals surface area contributed by atoms with E-state index in [1.165, 1.54) is 0 Å². The van der Waals surface area contributed by atoms with Crippen molar-refractivity contribution in [3.05, 3.63) is 22.7 Å². The first-order valence-corrected chi connectivity index (χ1v) is 3.62. The minimum absolute atomic E-state index is 0.0808. The average Bonchev–Trinajstić information content (AvgIpc) is 1.93. The SMILES string of the molecule is Cc1ccc(O)c(Cl)c1S. The Morgan fingerprint density at radius 1 is 1.50 bits per heavy atom. The lowest BCUT2D eigenvalue weighted by molar-refractivity contribution is 0.474. The summed E-state index contributed by atoms with van der Waals surface area (Å²) in [5.41, 5.74) is 0.964. The van der Waals surface area contributed by atoms with Crippen molar-refractivity contribution in [2.75, 3.05) is 0 Å². The zero-order valence-corrected chi connectivity index (χ0v) is 7.08. The third kappa shape index (κ3) is 1.22. The van der Waals surface area contributed by atoms with E-state index in [9.17, 15) is 0 Å². The Kier molecular flexibility index (Phi) is 2.11. The quantitative estimate of drug-likeness (QED) is 0.580. The van der Waals surface area contributed by atoms with Gasteiger partial charge in [0.2, 0.25) is 0 Å². The van der Waals surface area contributed by atoms with E-state index in [4.69, 9.17) is 16.7 Å². The van der Waals surface area contributed by atoms with Crippen LogP contribution in [-0.2, 0) is 0 Å². The van der Waals surface area contributed by atoms with Crippen LogP contribution in [0.3, 0.4) is 0 Å². The summed E-state index contributed by atoms with van der Waals surface area (Å²) in [7, 11) is 0. The number of phenols is 1. The van der Waals surface area contributed by atoms with E-state index >= 15 is 0 Å². The van der Waals surface area contributed by atoms with E-state index in [1.54, 1.807) is 12.1 Å². The van der Waals surface area contributed by atoms with Crippen LogP contribution < -0.4 is 0 Å². The second kappa shape index (κ2) is 2.72. The van der Waals surface area contributed by atoms with Crippen molar-refractivity contribution in [2.45, 2.75) is 11.8 Å². The molecule has 1 rings (SSSR count). The first kappa shape index (κ1) is 7.76. The Labute approximate surface area is 70.0 Å². The predicted octanol–water partition coefficient (Wildman–Crippen LogP) is 2.64. The molecule has 3 heteroatoms. The van der Waals surface area contributed by atoms with E-state index in [0.717, 1.165) is 5.56 Å². The number of phenolic OH excluding ortho intramolecular Hbond substituents is 1. The van der Waals surface area contributed by atoms with E-state index in [-0.39, 0.29) is 5.75 Å². The molecule has 0 amide bonds. The smallest absolute Gasteiger partial charge is 0.135 e. The molecule has 1 nitrogen and oxygen atoms in total. The van der Waals surface area contributed by atoms with Crippen LogP contribution in [0.25, 0.3) is 0 Å². The molecule has 0 unspecified atom stereocenters. The lowest BCUT2D eigenvalue weighted by Gasteiger charge is -2.01. The van der Waals surface area contributed by atoms with Gasteiger partial charge in [-0.25, -0.2) is 0 Å². The number of hydrogen-bond acceptors (Lipinski definition) is 2. The molecular weight excluding hydrogens is 168 g/mol. The highest BCUT2D eigenvalue weighted by Gasteiger charge is 2.03. The highest BCUT2D eigenvalue weighted by Crippen LogP contribution is 2.31. The van der Waals surface area contributed by atoms with Crippen LogP contribution in [0.15, 0.2) is 17.0 Å². The van der Waals surface area contributed by atoms with Crippen LogP contribution in [-0.4, -0.2) is 5.11 Å². The molecular formula is C7H7ClOS. The van der Waals surface area contributed by atoms with Gasteiger partial charge in [0.25, 0.3) is 0 Å². The summed E-state index contributed by atoms with van der Waals surface area (Å²) in [6.45, 7) is 1.88. The zero-order valence-electron chi connectivity index (χ0n) is 5.43.